The maximum atomic E-state index is 12.5. The van der Waals surface area contributed by atoms with Gasteiger partial charge in [-0.15, -0.1) is 6.58 Å². The summed E-state index contributed by atoms with van der Waals surface area (Å²) in [7, 11) is 3.04. The second-order valence-corrected chi connectivity index (χ2v) is 6.27. The minimum atomic E-state index is -0.994. The van der Waals surface area contributed by atoms with Crippen LogP contribution < -0.4 is 4.74 Å². The molecule has 0 saturated carbocycles. The van der Waals surface area contributed by atoms with Gasteiger partial charge in [0, 0.05) is 6.42 Å². The summed E-state index contributed by atoms with van der Waals surface area (Å²) in [5.74, 6) is 0.450. The lowest BCUT2D eigenvalue weighted by molar-refractivity contribution is -0.172. The number of carbonyl (C=O) groups is 1. The number of hydrogen-bond donors (Lipinski definition) is 0. The Balaban J connectivity index is 2.88. The van der Waals surface area contributed by atoms with Gasteiger partial charge < -0.3 is 14.2 Å². The Bertz CT molecular complexity index is 562. The normalized spacial score (nSPS) is 13.3. The monoisotopic (exact) mass is 362 g/mol. The van der Waals surface area contributed by atoms with Gasteiger partial charge >= 0.3 is 5.97 Å². The summed E-state index contributed by atoms with van der Waals surface area (Å²) < 4.78 is 16.4. The summed E-state index contributed by atoms with van der Waals surface area (Å²) in [6.07, 6.45) is 11.0. The summed E-state index contributed by atoms with van der Waals surface area (Å²) in [5.41, 5.74) is -0.0152. The predicted molar refractivity (Wildman–Crippen MR) is 105 cm³/mol. The van der Waals surface area contributed by atoms with Crippen LogP contribution in [0.2, 0.25) is 0 Å². The fourth-order valence-electron chi connectivity index (χ4n) is 2.66. The highest BCUT2D eigenvalue weighted by Gasteiger charge is 2.39. The van der Waals surface area contributed by atoms with E-state index in [1.807, 2.05) is 30.3 Å². The van der Waals surface area contributed by atoms with Gasteiger partial charge in [-0.1, -0.05) is 50.1 Å². The molecule has 1 rings (SSSR count). The first-order valence-electron chi connectivity index (χ1n) is 9.23. The molecule has 0 N–H and O–H groups in total. The van der Waals surface area contributed by atoms with Gasteiger partial charge in [-0.25, -0.2) is 4.79 Å². The summed E-state index contributed by atoms with van der Waals surface area (Å²) in [6, 6.07) is 7.64. The van der Waals surface area contributed by atoms with Gasteiger partial charge in [0.05, 0.1) is 20.8 Å². The molecule has 0 radical (unpaired) electrons. The summed E-state index contributed by atoms with van der Waals surface area (Å²) >= 11 is 0. The molecule has 0 bridgehead atoms. The average molecular weight is 362 g/mol. The molecular formula is C22H32O4. The molecule has 144 valence electrons. The van der Waals surface area contributed by atoms with Crippen molar-refractivity contribution in [1.82, 2.24) is 0 Å². The number of carbonyl (C=O) groups excluding carboxylic acids is 1. The lowest BCUT2D eigenvalue weighted by atomic mass is 10.2. The number of esters is 1. The third-order valence-corrected chi connectivity index (χ3v) is 4.32. The first-order chi connectivity index (χ1) is 12.6. The minimum Gasteiger partial charge on any atom is -0.497 e. The van der Waals surface area contributed by atoms with Crippen LogP contribution in [0.25, 0.3) is 0 Å². The van der Waals surface area contributed by atoms with E-state index in [2.05, 4.69) is 19.6 Å². The molecule has 0 spiro atoms. The maximum Gasteiger partial charge on any atom is 0.338 e. The number of rotatable bonds is 13. The Morgan fingerprint density at radius 3 is 2.46 bits per heavy atom. The molecule has 0 aliphatic rings. The molecule has 0 fully saturated rings. The van der Waals surface area contributed by atoms with Gasteiger partial charge in [-0.05, 0) is 37.0 Å². The molecule has 0 saturated heterocycles. The van der Waals surface area contributed by atoms with Crippen molar-refractivity contribution in [2.45, 2.75) is 57.7 Å². The van der Waals surface area contributed by atoms with E-state index in [9.17, 15) is 4.79 Å². The van der Waals surface area contributed by atoms with Crippen LogP contribution >= 0.6 is 0 Å². The number of benzene rings is 1. The van der Waals surface area contributed by atoms with Gasteiger partial charge in [0.1, 0.15) is 5.75 Å². The van der Waals surface area contributed by atoms with Crippen LogP contribution in [0.1, 0.15) is 51.0 Å². The molecule has 0 heterocycles. The van der Waals surface area contributed by atoms with Crippen LogP contribution in [0.4, 0.5) is 0 Å². The Labute approximate surface area is 157 Å². The molecule has 1 atom stereocenters. The van der Waals surface area contributed by atoms with Crippen molar-refractivity contribution < 1.29 is 19.0 Å². The van der Waals surface area contributed by atoms with E-state index >= 15 is 0 Å². The Kier molecular flexibility index (Phi) is 10.4. The Morgan fingerprint density at radius 1 is 1.15 bits per heavy atom. The summed E-state index contributed by atoms with van der Waals surface area (Å²) in [4.78, 5) is 12.5. The zero-order valence-corrected chi connectivity index (χ0v) is 16.3. The molecule has 0 amide bonds. The molecule has 4 nitrogen and oxygen atoms in total. The van der Waals surface area contributed by atoms with Crippen molar-refractivity contribution in [2.75, 3.05) is 14.2 Å². The van der Waals surface area contributed by atoms with E-state index in [0.29, 0.717) is 25.9 Å². The van der Waals surface area contributed by atoms with Crippen molar-refractivity contribution in [3.05, 3.63) is 54.6 Å². The first-order valence-corrected chi connectivity index (χ1v) is 9.23. The van der Waals surface area contributed by atoms with Crippen molar-refractivity contribution in [1.29, 1.82) is 0 Å². The molecule has 0 aromatic heterocycles. The maximum absolute atomic E-state index is 12.5. The van der Waals surface area contributed by atoms with E-state index in [0.717, 1.165) is 30.6 Å². The average Bonchev–Trinajstić information content (AvgIpc) is 2.69. The fraction of sp³-hybridized carbons (Fsp3) is 0.500. The number of unbranched alkanes of at least 4 members (excludes halogenated alkanes) is 2. The molecule has 1 aromatic rings. The van der Waals surface area contributed by atoms with Crippen LogP contribution in [0, 0.1) is 0 Å². The summed E-state index contributed by atoms with van der Waals surface area (Å²) in [6.45, 7) is 6.26. The largest absolute Gasteiger partial charge is 0.497 e. The number of allylic oxidation sites excluding steroid dienone is 2. The highest BCUT2D eigenvalue weighted by molar-refractivity contribution is 5.79. The third-order valence-electron chi connectivity index (χ3n) is 4.32. The molecule has 0 unspecified atom stereocenters. The van der Waals surface area contributed by atoms with E-state index in [4.69, 9.17) is 14.2 Å². The van der Waals surface area contributed by atoms with E-state index in [1.165, 1.54) is 7.11 Å². The molecule has 1 aromatic carbocycles. The summed E-state index contributed by atoms with van der Waals surface area (Å²) in [5, 5.41) is 0. The van der Waals surface area contributed by atoms with E-state index in [1.54, 1.807) is 13.2 Å². The van der Waals surface area contributed by atoms with Crippen molar-refractivity contribution in [3.63, 3.8) is 0 Å². The predicted octanol–water partition coefficient (Wildman–Crippen LogP) is 5.23. The minimum absolute atomic E-state index is 0.332. The Morgan fingerprint density at radius 2 is 1.88 bits per heavy atom. The highest BCUT2D eigenvalue weighted by Crippen LogP contribution is 2.28. The quantitative estimate of drug-likeness (QED) is 0.209. The zero-order chi connectivity index (χ0) is 19.3. The lowest BCUT2D eigenvalue weighted by Crippen LogP contribution is -2.42. The van der Waals surface area contributed by atoms with E-state index < -0.39 is 5.60 Å². The van der Waals surface area contributed by atoms with Gasteiger partial charge in [0.15, 0.2) is 5.60 Å². The van der Waals surface area contributed by atoms with Crippen molar-refractivity contribution in [3.8, 4) is 5.75 Å². The van der Waals surface area contributed by atoms with Crippen LogP contribution in [0.3, 0.4) is 0 Å². The van der Waals surface area contributed by atoms with Gasteiger partial charge in [0.25, 0.3) is 0 Å². The van der Waals surface area contributed by atoms with Gasteiger partial charge in [-0.3, -0.25) is 0 Å². The standard InChI is InChI=1S/C22H32O4/c1-5-7-9-10-11-17-22(16-8-6-2,21(23)25-4)26-18-19-12-14-20(24-3)15-13-19/h6,10-15H,2,5,7-9,16-18H2,1,3-4H3/b11-10+/t22-/m1/s1/i21+1,22+1. The number of ether oxygens (including phenoxy) is 3. The topological polar surface area (TPSA) is 44.8 Å². The first kappa shape index (κ1) is 22.0. The smallest absolute Gasteiger partial charge is 0.338 e. The van der Waals surface area contributed by atoms with Crippen LogP contribution in [0.5, 0.6) is 5.75 Å². The molecule has 4 heteroatoms. The fourth-order valence-corrected chi connectivity index (χ4v) is 2.66. The molecular weight excluding hydrogens is 330 g/mol. The number of hydrogen-bond acceptors (Lipinski definition) is 4. The van der Waals surface area contributed by atoms with Gasteiger partial charge in [0.2, 0.25) is 0 Å². The van der Waals surface area contributed by atoms with Crippen LogP contribution in [-0.2, 0) is 20.9 Å². The van der Waals surface area contributed by atoms with Gasteiger partial charge in [-0.2, -0.15) is 0 Å². The molecule has 0 aliphatic carbocycles. The lowest BCUT2D eigenvalue weighted by Gasteiger charge is -2.30. The van der Waals surface area contributed by atoms with Crippen LogP contribution in [-0.4, -0.2) is 25.8 Å². The highest BCUT2D eigenvalue weighted by atomic mass is 16.7. The molecule has 0 aliphatic heterocycles. The molecule has 26 heavy (non-hydrogen) atoms. The van der Waals surface area contributed by atoms with E-state index in [-0.39, 0.29) is 5.97 Å². The Hall–Kier alpha value is -2.07. The SMILES string of the molecule is C=CCC[13C@](C/C=C/CCCC)(OCc1ccc(OC)cc1)[13C](=O)OC. The van der Waals surface area contributed by atoms with Crippen molar-refractivity contribution >= 4 is 5.97 Å². The van der Waals surface area contributed by atoms with Crippen LogP contribution in [0.15, 0.2) is 49.1 Å². The third kappa shape index (κ3) is 7.04. The zero-order valence-electron chi connectivity index (χ0n) is 16.3. The van der Waals surface area contributed by atoms with Crippen molar-refractivity contribution in [2.24, 2.45) is 0 Å². The second kappa shape index (κ2) is 12.3. The number of methoxy groups -OCH3 is 2. The second-order valence-electron chi connectivity index (χ2n) is 6.27.